The van der Waals surface area contributed by atoms with Crippen LogP contribution in [0.2, 0.25) is 0 Å². The Hall–Kier alpha value is -0.300. The molecule has 0 aliphatic heterocycles. The Morgan fingerprint density at radius 3 is 2.08 bits per heavy atom. The van der Waals surface area contributed by atoms with Gasteiger partial charge in [0.2, 0.25) is 0 Å². The largest absolute Gasteiger partial charge is 0.320 e. The lowest BCUT2D eigenvalue weighted by Crippen LogP contribution is -2.04. The van der Waals surface area contributed by atoms with Crippen molar-refractivity contribution in [1.29, 1.82) is 0 Å². The van der Waals surface area contributed by atoms with Gasteiger partial charge in [-0.05, 0) is 32.9 Å². The third-order valence-corrected chi connectivity index (χ3v) is 1.76. The maximum absolute atomic E-state index is 3.66. The molecule has 13 heavy (non-hydrogen) atoms. The summed E-state index contributed by atoms with van der Waals surface area (Å²) in [5.74, 6) is 0. The Kier molecular flexibility index (Phi) is 20.7. The smallest absolute Gasteiger partial charge is 0.00546 e. The fourth-order valence-electron chi connectivity index (χ4n) is 0.965. The van der Waals surface area contributed by atoms with Crippen molar-refractivity contribution in [3.05, 3.63) is 12.7 Å². The molecule has 0 spiro atoms. The Labute approximate surface area is 84.6 Å². The molecular formula is C12H27N. The zero-order chi connectivity index (χ0) is 10.4. The third kappa shape index (κ3) is 24.5. The van der Waals surface area contributed by atoms with Crippen molar-refractivity contribution in [2.75, 3.05) is 13.6 Å². The standard InChI is InChI=1S/C8H16.C4H11N/c1-3-5-7-8-6-4-2;1-3-4-5-2/h3H,1,4-8H2,2H3;5H,3-4H2,1-2H3. The van der Waals surface area contributed by atoms with Gasteiger partial charge in [0.1, 0.15) is 0 Å². The predicted molar refractivity (Wildman–Crippen MR) is 63.2 cm³/mol. The average molecular weight is 185 g/mol. The van der Waals surface area contributed by atoms with Crippen LogP contribution in [0.3, 0.4) is 0 Å². The van der Waals surface area contributed by atoms with E-state index < -0.39 is 0 Å². The Bertz CT molecular complexity index is 77.2. The SMILES string of the molecule is C=CCCCCCC.CCCNC. The number of hydrogen-bond donors (Lipinski definition) is 1. The summed E-state index contributed by atoms with van der Waals surface area (Å²) >= 11 is 0. The Morgan fingerprint density at radius 2 is 1.77 bits per heavy atom. The number of nitrogens with one attached hydrogen (secondary N) is 1. The van der Waals surface area contributed by atoms with Crippen LogP contribution in [0.25, 0.3) is 0 Å². The molecule has 0 atom stereocenters. The molecule has 0 aliphatic rings. The van der Waals surface area contributed by atoms with E-state index in [0.717, 1.165) is 6.54 Å². The maximum Gasteiger partial charge on any atom is -0.00546 e. The molecule has 0 aromatic rings. The van der Waals surface area contributed by atoms with Gasteiger partial charge in [-0.2, -0.15) is 0 Å². The van der Waals surface area contributed by atoms with Crippen LogP contribution in [0.1, 0.15) is 52.4 Å². The highest BCUT2D eigenvalue weighted by Crippen LogP contribution is 2.01. The van der Waals surface area contributed by atoms with Crippen molar-refractivity contribution in [2.45, 2.75) is 52.4 Å². The van der Waals surface area contributed by atoms with E-state index in [1.165, 1.54) is 38.5 Å². The lowest BCUT2D eigenvalue weighted by molar-refractivity contribution is 0.675. The molecule has 0 heterocycles. The van der Waals surface area contributed by atoms with Gasteiger partial charge in [0.15, 0.2) is 0 Å². The lowest BCUT2D eigenvalue weighted by Gasteiger charge is -1.91. The van der Waals surface area contributed by atoms with Crippen LogP contribution in [0.5, 0.6) is 0 Å². The quantitative estimate of drug-likeness (QED) is 0.470. The molecule has 1 N–H and O–H groups in total. The molecule has 0 aromatic heterocycles. The molecule has 0 aliphatic carbocycles. The first-order valence-electron chi connectivity index (χ1n) is 5.58. The maximum atomic E-state index is 3.66. The number of unbranched alkanes of at least 4 members (excludes halogenated alkanes) is 4. The van der Waals surface area contributed by atoms with Gasteiger partial charge < -0.3 is 5.32 Å². The van der Waals surface area contributed by atoms with Crippen molar-refractivity contribution >= 4 is 0 Å². The molecular weight excluding hydrogens is 158 g/mol. The second-order valence-electron chi connectivity index (χ2n) is 3.24. The summed E-state index contributed by atoms with van der Waals surface area (Å²) in [6.07, 6.45) is 9.84. The highest BCUT2D eigenvalue weighted by atomic mass is 14.8. The summed E-state index contributed by atoms with van der Waals surface area (Å²) in [5.41, 5.74) is 0. The molecule has 0 saturated carbocycles. The van der Waals surface area contributed by atoms with Gasteiger partial charge >= 0.3 is 0 Å². The van der Waals surface area contributed by atoms with Crippen LogP contribution < -0.4 is 5.32 Å². The van der Waals surface area contributed by atoms with Gasteiger partial charge in [-0.1, -0.05) is 39.2 Å². The minimum atomic E-state index is 1.14. The first-order valence-corrected chi connectivity index (χ1v) is 5.58. The van der Waals surface area contributed by atoms with Crippen molar-refractivity contribution < 1.29 is 0 Å². The minimum Gasteiger partial charge on any atom is -0.320 e. The molecule has 0 fully saturated rings. The van der Waals surface area contributed by atoms with E-state index in [1.54, 1.807) is 0 Å². The van der Waals surface area contributed by atoms with Crippen molar-refractivity contribution in [1.82, 2.24) is 5.32 Å². The molecule has 1 nitrogen and oxygen atoms in total. The molecule has 0 amide bonds. The van der Waals surface area contributed by atoms with Gasteiger partial charge in [0.25, 0.3) is 0 Å². The van der Waals surface area contributed by atoms with Crippen molar-refractivity contribution in [3.63, 3.8) is 0 Å². The highest BCUT2D eigenvalue weighted by Gasteiger charge is 1.81. The van der Waals surface area contributed by atoms with Crippen LogP contribution in [0.15, 0.2) is 12.7 Å². The van der Waals surface area contributed by atoms with Crippen molar-refractivity contribution in [2.24, 2.45) is 0 Å². The van der Waals surface area contributed by atoms with E-state index in [2.05, 4.69) is 25.7 Å². The summed E-state index contributed by atoms with van der Waals surface area (Å²) in [5, 5.41) is 3.02. The first kappa shape index (κ1) is 15.2. The molecule has 0 rings (SSSR count). The van der Waals surface area contributed by atoms with Crippen LogP contribution in [-0.2, 0) is 0 Å². The van der Waals surface area contributed by atoms with E-state index in [4.69, 9.17) is 0 Å². The van der Waals surface area contributed by atoms with E-state index in [9.17, 15) is 0 Å². The molecule has 0 radical (unpaired) electrons. The van der Waals surface area contributed by atoms with E-state index >= 15 is 0 Å². The van der Waals surface area contributed by atoms with Crippen LogP contribution in [0, 0.1) is 0 Å². The Morgan fingerprint density at radius 1 is 1.08 bits per heavy atom. The lowest BCUT2D eigenvalue weighted by atomic mass is 10.2. The van der Waals surface area contributed by atoms with Crippen LogP contribution in [-0.4, -0.2) is 13.6 Å². The molecule has 1 heteroatoms. The van der Waals surface area contributed by atoms with Gasteiger partial charge in [-0.15, -0.1) is 6.58 Å². The van der Waals surface area contributed by atoms with Crippen LogP contribution >= 0.6 is 0 Å². The fourth-order valence-corrected chi connectivity index (χ4v) is 0.965. The zero-order valence-corrected chi connectivity index (χ0v) is 9.73. The summed E-state index contributed by atoms with van der Waals surface area (Å²) in [7, 11) is 1.96. The molecule has 0 saturated heterocycles. The summed E-state index contributed by atoms with van der Waals surface area (Å²) in [4.78, 5) is 0. The summed E-state index contributed by atoms with van der Waals surface area (Å²) in [6, 6.07) is 0. The number of rotatable bonds is 7. The van der Waals surface area contributed by atoms with Gasteiger partial charge in [-0.3, -0.25) is 0 Å². The number of hydrogen-bond acceptors (Lipinski definition) is 1. The second-order valence-corrected chi connectivity index (χ2v) is 3.24. The van der Waals surface area contributed by atoms with Crippen molar-refractivity contribution in [3.8, 4) is 0 Å². The monoisotopic (exact) mass is 185 g/mol. The van der Waals surface area contributed by atoms with Gasteiger partial charge in [0, 0.05) is 0 Å². The van der Waals surface area contributed by atoms with Crippen LogP contribution in [0.4, 0.5) is 0 Å². The normalized spacial score (nSPS) is 8.85. The average Bonchev–Trinajstić information content (AvgIpc) is 2.15. The fraction of sp³-hybridized carbons (Fsp3) is 0.833. The molecule has 0 unspecified atom stereocenters. The summed E-state index contributed by atoms with van der Waals surface area (Å²) < 4.78 is 0. The van der Waals surface area contributed by atoms with E-state index in [0.29, 0.717) is 0 Å². The first-order chi connectivity index (χ1) is 6.33. The summed E-state index contributed by atoms with van der Waals surface area (Å²) in [6.45, 7) is 9.18. The van der Waals surface area contributed by atoms with E-state index in [-0.39, 0.29) is 0 Å². The highest BCUT2D eigenvalue weighted by molar-refractivity contribution is 4.64. The topological polar surface area (TPSA) is 12.0 Å². The molecule has 0 aromatic carbocycles. The molecule has 80 valence electrons. The number of allylic oxidation sites excluding steroid dienone is 1. The Balaban J connectivity index is 0. The van der Waals surface area contributed by atoms with Gasteiger partial charge in [0.05, 0.1) is 0 Å². The second kappa shape index (κ2) is 17.7. The predicted octanol–water partition coefficient (Wildman–Crippen LogP) is 3.76. The zero-order valence-electron chi connectivity index (χ0n) is 9.73. The third-order valence-electron chi connectivity index (χ3n) is 1.76. The minimum absolute atomic E-state index is 1.14. The molecule has 0 bridgehead atoms. The van der Waals surface area contributed by atoms with Gasteiger partial charge in [-0.25, -0.2) is 0 Å². The van der Waals surface area contributed by atoms with E-state index in [1.807, 2.05) is 13.1 Å².